The summed E-state index contributed by atoms with van der Waals surface area (Å²) in [5.74, 6) is 1.61. The Balaban J connectivity index is 1.81. The van der Waals surface area contributed by atoms with Gasteiger partial charge in [-0.15, -0.1) is 0 Å². The number of methoxy groups -OCH3 is 1. The highest BCUT2D eigenvalue weighted by Gasteiger charge is 2.14. The second-order valence-corrected chi connectivity index (χ2v) is 5.86. The van der Waals surface area contributed by atoms with Gasteiger partial charge < -0.3 is 10.1 Å². The van der Waals surface area contributed by atoms with Crippen LogP contribution < -0.4 is 10.1 Å². The van der Waals surface area contributed by atoms with Gasteiger partial charge in [0.25, 0.3) is 0 Å². The molecule has 0 aliphatic rings. The van der Waals surface area contributed by atoms with E-state index in [0.717, 1.165) is 34.3 Å². The van der Waals surface area contributed by atoms with Crippen molar-refractivity contribution >= 4 is 11.6 Å². The van der Waals surface area contributed by atoms with Crippen LogP contribution in [-0.2, 0) is 0 Å². The normalized spacial score (nSPS) is 10.5. The zero-order chi connectivity index (χ0) is 17.8. The molecule has 1 aromatic heterocycles. The van der Waals surface area contributed by atoms with Crippen molar-refractivity contribution in [3.8, 4) is 22.7 Å². The Morgan fingerprint density at radius 3 is 2.12 bits per heavy atom. The Labute approximate surface area is 152 Å². The van der Waals surface area contributed by atoms with Crippen LogP contribution in [0.2, 0.25) is 0 Å². The zero-order valence-corrected chi connectivity index (χ0v) is 14.5. The zero-order valence-electron chi connectivity index (χ0n) is 14.5. The second kappa shape index (κ2) is 7.15. The van der Waals surface area contributed by atoms with Crippen LogP contribution in [0.15, 0.2) is 91.1 Å². The van der Waals surface area contributed by atoms with Gasteiger partial charge in [-0.1, -0.05) is 36.4 Å². The highest BCUT2D eigenvalue weighted by Crippen LogP contribution is 2.30. The smallest absolute Gasteiger partial charge is 0.212 e. The van der Waals surface area contributed by atoms with E-state index in [4.69, 9.17) is 4.74 Å². The predicted octanol–water partition coefficient (Wildman–Crippen LogP) is 5.29. The Morgan fingerprint density at radius 1 is 0.808 bits per heavy atom. The van der Waals surface area contributed by atoms with Crippen molar-refractivity contribution in [1.82, 2.24) is 9.55 Å². The van der Waals surface area contributed by atoms with Crippen LogP contribution >= 0.6 is 0 Å². The summed E-state index contributed by atoms with van der Waals surface area (Å²) in [7, 11) is 1.67. The van der Waals surface area contributed by atoms with Crippen molar-refractivity contribution in [2.75, 3.05) is 12.4 Å². The number of imidazole rings is 1. The number of hydrogen-bond donors (Lipinski definition) is 1. The van der Waals surface area contributed by atoms with Crippen molar-refractivity contribution in [2.24, 2.45) is 0 Å². The van der Waals surface area contributed by atoms with E-state index >= 15 is 0 Å². The molecule has 0 aliphatic heterocycles. The van der Waals surface area contributed by atoms with Gasteiger partial charge in [-0.3, -0.25) is 4.57 Å². The van der Waals surface area contributed by atoms with Gasteiger partial charge in [-0.25, -0.2) is 4.98 Å². The topological polar surface area (TPSA) is 39.1 Å². The summed E-state index contributed by atoms with van der Waals surface area (Å²) in [6, 6.07) is 28.3. The molecule has 1 N–H and O–H groups in total. The maximum absolute atomic E-state index is 5.27. The van der Waals surface area contributed by atoms with Crippen molar-refractivity contribution in [3.63, 3.8) is 0 Å². The number of benzene rings is 3. The molecule has 0 radical (unpaired) electrons. The Morgan fingerprint density at radius 2 is 1.46 bits per heavy atom. The molecule has 0 aliphatic carbocycles. The predicted molar refractivity (Wildman–Crippen MR) is 105 cm³/mol. The van der Waals surface area contributed by atoms with Gasteiger partial charge in [0.2, 0.25) is 5.95 Å². The molecular formula is C22H19N3O. The van der Waals surface area contributed by atoms with Gasteiger partial charge in [0, 0.05) is 16.9 Å². The minimum absolute atomic E-state index is 0.771. The first kappa shape index (κ1) is 16.0. The van der Waals surface area contributed by atoms with Crippen LogP contribution in [0.4, 0.5) is 11.6 Å². The first-order valence-corrected chi connectivity index (χ1v) is 8.45. The van der Waals surface area contributed by atoms with Crippen LogP contribution in [0.5, 0.6) is 5.75 Å². The molecule has 0 amide bonds. The molecule has 128 valence electrons. The van der Waals surface area contributed by atoms with Crippen LogP contribution in [0.25, 0.3) is 16.9 Å². The lowest BCUT2D eigenvalue weighted by Crippen LogP contribution is -2.03. The largest absolute Gasteiger partial charge is 0.497 e. The van der Waals surface area contributed by atoms with E-state index in [1.165, 1.54) is 0 Å². The standard InChI is InChI=1S/C22H19N3O/c1-26-20-14-12-17(13-15-20)21-16-23-22(24-18-8-4-2-5-9-18)25(21)19-10-6-3-7-11-19/h2-16H,1H3,(H,23,24). The lowest BCUT2D eigenvalue weighted by atomic mass is 10.1. The van der Waals surface area contributed by atoms with Crippen LogP contribution in [0.3, 0.4) is 0 Å². The molecular weight excluding hydrogens is 322 g/mol. The number of hydrogen-bond acceptors (Lipinski definition) is 3. The van der Waals surface area contributed by atoms with Gasteiger partial charge in [0.05, 0.1) is 19.0 Å². The molecule has 0 spiro atoms. The minimum atomic E-state index is 0.771. The van der Waals surface area contributed by atoms with E-state index in [1.807, 2.05) is 79.0 Å². The van der Waals surface area contributed by atoms with E-state index in [9.17, 15) is 0 Å². The maximum Gasteiger partial charge on any atom is 0.212 e. The Hall–Kier alpha value is -3.53. The summed E-state index contributed by atoms with van der Waals surface area (Å²) in [6.45, 7) is 0. The number of para-hydroxylation sites is 2. The van der Waals surface area contributed by atoms with E-state index in [2.05, 4.69) is 27.0 Å². The molecule has 0 unspecified atom stereocenters. The number of anilines is 2. The molecule has 0 bridgehead atoms. The third kappa shape index (κ3) is 3.17. The van der Waals surface area contributed by atoms with E-state index in [-0.39, 0.29) is 0 Å². The second-order valence-electron chi connectivity index (χ2n) is 5.86. The van der Waals surface area contributed by atoms with Gasteiger partial charge in [0.1, 0.15) is 5.75 Å². The highest BCUT2D eigenvalue weighted by molar-refractivity contribution is 5.68. The molecule has 4 heteroatoms. The average molecular weight is 341 g/mol. The van der Waals surface area contributed by atoms with Gasteiger partial charge >= 0.3 is 0 Å². The third-order valence-electron chi connectivity index (χ3n) is 4.19. The molecule has 3 aromatic carbocycles. The van der Waals surface area contributed by atoms with Crippen molar-refractivity contribution < 1.29 is 4.74 Å². The molecule has 0 saturated heterocycles. The molecule has 0 atom stereocenters. The summed E-state index contributed by atoms with van der Waals surface area (Å²) < 4.78 is 7.39. The fraction of sp³-hybridized carbons (Fsp3) is 0.0455. The van der Waals surface area contributed by atoms with E-state index < -0.39 is 0 Å². The monoisotopic (exact) mass is 341 g/mol. The number of ether oxygens (including phenoxy) is 1. The van der Waals surface area contributed by atoms with Crippen LogP contribution in [0.1, 0.15) is 0 Å². The molecule has 0 saturated carbocycles. The summed E-state index contributed by atoms with van der Waals surface area (Å²) in [5.41, 5.74) is 4.13. The number of aromatic nitrogens is 2. The summed E-state index contributed by atoms with van der Waals surface area (Å²) in [5, 5.41) is 3.41. The Kier molecular flexibility index (Phi) is 4.39. The first-order valence-electron chi connectivity index (χ1n) is 8.45. The summed E-state index contributed by atoms with van der Waals surface area (Å²) >= 11 is 0. The van der Waals surface area contributed by atoms with Gasteiger partial charge in [0.15, 0.2) is 0 Å². The molecule has 26 heavy (non-hydrogen) atoms. The van der Waals surface area contributed by atoms with Crippen molar-refractivity contribution in [1.29, 1.82) is 0 Å². The van der Waals surface area contributed by atoms with Crippen molar-refractivity contribution in [3.05, 3.63) is 91.1 Å². The lowest BCUT2D eigenvalue weighted by molar-refractivity contribution is 0.415. The lowest BCUT2D eigenvalue weighted by Gasteiger charge is -2.13. The van der Waals surface area contributed by atoms with Crippen LogP contribution in [0, 0.1) is 0 Å². The fourth-order valence-electron chi connectivity index (χ4n) is 2.89. The summed E-state index contributed by atoms with van der Waals surface area (Å²) in [6.07, 6.45) is 1.89. The SMILES string of the molecule is COc1ccc(-c2cnc(Nc3ccccc3)n2-c2ccccc2)cc1. The third-order valence-corrected chi connectivity index (χ3v) is 4.19. The maximum atomic E-state index is 5.27. The molecule has 4 rings (SSSR count). The average Bonchev–Trinajstić information content (AvgIpc) is 3.13. The molecule has 4 aromatic rings. The molecule has 1 heterocycles. The first-order chi connectivity index (χ1) is 12.8. The van der Waals surface area contributed by atoms with E-state index in [1.54, 1.807) is 7.11 Å². The quantitative estimate of drug-likeness (QED) is 0.536. The Bertz CT molecular complexity index is 977. The van der Waals surface area contributed by atoms with E-state index in [0.29, 0.717) is 0 Å². The van der Waals surface area contributed by atoms with Crippen LogP contribution in [-0.4, -0.2) is 16.7 Å². The summed E-state index contributed by atoms with van der Waals surface area (Å²) in [4.78, 5) is 4.63. The number of rotatable bonds is 5. The highest BCUT2D eigenvalue weighted by atomic mass is 16.5. The number of nitrogens with zero attached hydrogens (tertiary/aromatic N) is 2. The number of nitrogens with one attached hydrogen (secondary N) is 1. The fourth-order valence-corrected chi connectivity index (χ4v) is 2.89. The molecule has 4 nitrogen and oxygen atoms in total. The van der Waals surface area contributed by atoms with Crippen molar-refractivity contribution in [2.45, 2.75) is 0 Å². The van der Waals surface area contributed by atoms with Gasteiger partial charge in [-0.2, -0.15) is 0 Å². The molecule has 0 fully saturated rings. The minimum Gasteiger partial charge on any atom is -0.497 e. The van der Waals surface area contributed by atoms with Gasteiger partial charge in [-0.05, 0) is 48.5 Å².